The third kappa shape index (κ3) is 4.25. The molecule has 5 heteroatoms. The lowest BCUT2D eigenvalue weighted by atomic mass is 10.1. The van der Waals surface area contributed by atoms with Gasteiger partial charge in [-0.15, -0.1) is 0 Å². The van der Waals surface area contributed by atoms with Crippen molar-refractivity contribution in [2.45, 2.75) is 19.8 Å². The van der Waals surface area contributed by atoms with Crippen molar-refractivity contribution in [3.8, 4) is 5.75 Å². The van der Waals surface area contributed by atoms with Crippen molar-refractivity contribution in [2.75, 3.05) is 25.0 Å². The van der Waals surface area contributed by atoms with Crippen LogP contribution in [0.5, 0.6) is 5.75 Å². The van der Waals surface area contributed by atoms with E-state index in [-0.39, 0.29) is 0 Å². The average Bonchev–Trinajstić information content (AvgIpc) is 2.63. The highest BCUT2D eigenvalue weighted by molar-refractivity contribution is 5.88. The van der Waals surface area contributed by atoms with E-state index in [0.717, 1.165) is 41.3 Å². The Labute approximate surface area is 148 Å². The van der Waals surface area contributed by atoms with Crippen LogP contribution in [0, 0.1) is 0 Å². The molecule has 0 fully saturated rings. The van der Waals surface area contributed by atoms with Crippen LogP contribution in [0.3, 0.4) is 0 Å². The Morgan fingerprint density at radius 1 is 1.00 bits per heavy atom. The lowest BCUT2D eigenvalue weighted by molar-refractivity contribution is 0.336. The molecular formula is C20H24N4O. The maximum absolute atomic E-state index is 5.69. The summed E-state index contributed by atoms with van der Waals surface area (Å²) in [5, 5.41) is 4.49. The van der Waals surface area contributed by atoms with Crippen LogP contribution >= 0.6 is 0 Å². The molecule has 0 unspecified atom stereocenters. The zero-order chi connectivity index (χ0) is 17.5. The number of anilines is 1. The highest BCUT2D eigenvalue weighted by Gasteiger charge is 2.08. The van der Waals surface area contributed by atoms with E-state index in [2.05, 4.69) is 21.4 Å². The Hall–Kier alpha value is -2.66. The van der Waals surface area contributed by atoms with Crippen molar-refractivity contribution in [1.29, 1.82) is 0 Å². The van der Waals surface area contributed by atoms with E-state index < -0.39 is 0 Å². The normalized spacial score (nSPS) is 10.8. The quantitative estimate of drug-likeness (QED) is 0.661. The molecule has 3 rings (SSSR count). The first-order chi connectivity index (χ1) is 12.3. The minimum absolute atomic E-state index is 0.541. The monoisotopic (exact) mass is 336 g/mol. The fourth-order valence-corrected chi connectivity index (χ4v) is 2.82. The molecule has 0 saturated heterocycles. The summed E-state index contributed by atoms with van der Waals surface area (Å²) >= 11 is 0. The molecule has 1 heterocycles. The molecule has 25 heavy (non-hydrogen) atoms. The molecule has 5 nitrogen and oxygen atoms in total. The van der Waals surface area contributed by atoms with Crippen LogP contribution in [-0.2, 0) is 12.8 Å². The third-order valence-electron chi connectivity index (χ3n) is 3.98. The number of nitrogens with one attached hydrogen (secondary N) is 1. The maximum atomic E-state index is 5.69. The Balaban J connectivity index is 1.77. The third-order valence-corrected chi connectivity index (χ3v) is 3.98. The van der Waals surface area contributed by atoms with E-state index in [9.17, 15) is 0 Å². The second kappa shape index (κ2) is 8.44. The highest BCUT2D eigenvalue weighted by Crippen LogP contribution is 2.22. The van der Waals surface area contributed by atoms with Crippen LogP contribution in [0.1, 0.15) is 18.3 Å². The molecule has 0 amide bonds. The summed E-state index contributed by atoms with van der Waals surface area (Å²) in [4.78, 5) is 9.23. The van der Waals surface area contributed by atoms with E-state index in [0.29, 0.717) is 19.6 Å². The maximum Gasteiger partial charge on any atom is 0.137 e. The van der Waals surface area contributed by atoms with Crippen molar-refractivity contribution < 1.29 is 4.74 Å². The number of hydrogen-bond acceptors (Lipinski definition) is 5. The fraction of sp³-hybridized carbons (Fsp3) is 0.300. The minimum Gasteiger partial charge on any atom is -0.494 e. The van der Waals surface area contributed by atoms with Crippen molar-refractivity contribution in [2.24, 2.45) is 5.73 Å². The van der Waals surface area contributed by atoms with E-state index >= 15 is 0 Å². The van der Waals surface area contributed by atoms with Gasteiger partial charge in [0, 0.05) is 18.4 Å². The first-order valence-corrected chi connectivity index (χ1v) is 8.72. The van der Waals surface area contributed by atoms with Gasteiger partial charge >= 0.3 is 0 Å². The molecule has 0 radical (unpaired) electrons. The lowest BCUT2D eigenvalue weighted by Gasteiger charge is -2.12. The van der Waals surface area contributed by atoms with Crippen LogP contribution < -0.4 is 15.8 Å². The van der Waals surface area contributed by atoms with E-state index in [1.54, 1.807) is 0 Å². The van der Waals surface area contributed by atoms with Gasteiger partial charge in [-0.05, 0) is 43.7 Å². The van der Waals surface area contributed by atoms with Gasteiger partial charge in [0.15, 0.2) is 0 Å². The van der Waals surface area contributed by atoms with Crippen LogP contribution in [0.4, 0.5) is 5.82 Å². The standard InChI is InChI=1S/C20H24N4O/c1-2-25-18-10-6-3-7-15(18)12-14-22-20-16-8-4-5-9-17(16)23-19(24-20)11-13-21/h3-10H,2,11-14,21H2,1H3,(H,22,23,24). The molecule has 0 aliphatic rings. The smallest absolute Gasteiger partial charge is 0.137 e. The minimum atomic E-state index is 0.541. The van der Waals surface area contributed by atoms with E-state index in [1.807, 2.05) is 49.4 Å². The molecule has 2 aromatic carbocycles. The lowest BCUT2D eigenvalue weighted by Crippen LogP contribution is -2.12. The number of ether oxygens (including phenoxy) is 1. The highest BCUT2D eigenvalue weighted by atomic mass is 16.5. The van der Waals surface area contributed by atoms with Crippen molar-refractivity contribution in [1.82, 2.24) is 9.97 Å². The molecule has 0 bridgehead atoms. The van der Waals surface area contributed by atoms with Crippen molar-refractivity contribution >= 4 is 16.7 Å². The van der Waals surface area contributed by atoms with Crippen molar-refractivity contribution in [3.05, 3.63) is 59.9 Å². The predicted molar refractivity (Wildman–Crippen MR) is 102 cm³/mol. The number of rotatable bonds is 8. The van der Waals surface area contributed by atoms with Crippen LogP contribution in [0.15, 0.2) is 48.5 Å². The molecule has 0 saturated carbocycles. The molecule has 130 valence electrons. The van der Waals surface area contributed by atoms with Gasteiger partial charge < -0.3 is 15.8 Å². The Morgan fingerprint density at radius 3 is 2.64 bits per heavy atom. The zero-order valence-electron chi connectivity index (χ0n) is 14.5. The Morgan fingerprint density at radius 2 is 1.80 bits per heavy atom. The van der Waals surface area contributed by atoms with E-state index in [1.165, 1.54) is 5.56 Å². The molecular weight excluding hydrogens is 312 g/mol. The number of para-hydroxylation sites is 2. The van der Waals surface area contributed by atoms with Crippen molar-refractivity contribution in [3.63, 3.8) is 0 Å². The molecule has 0 aliphatic heterocycles. The Bertz CT molecular complexity index is 835. The van der Waals surface area contributed by atoms with Crippen LogP contribution in [-0.4, -0.2) is 29.7 Å². The zero-order valence-corrected chi connectivity index (χ0v) is 14.5. The molecule has 3 N–H and O–H groups in total. The number of aromatic nitrogens is 2. The number of fused-ring (bicyclic) bond motifs is 1. The average molecular weight is 336 g/mol. The summed E-state index contributed by atoms with van der Waals surface area (Å²) < 4.78 is 5.69. The second-order valence-corrected chi connectivity index (χ2v) is 5.76. The first kappa shape index (κ1) is 17.2. The van der Waals surface area contributed by atoms with Crippen LogP contribution in [0.2, 0.25) is 0 Å². The molecule has 1 aromatic heterocycles. The number of benzene rings is 2. The molecule has 0 atom stereocenters. The van der Waals surface area contributed by atoms with E-state index in [4.69, 9.17) is 10.5 Å². The second-order valence-electron chi connectivity index (χ2n) is 5.76. The van der Waals surface area contributed by atoms with Gasteiger partial charge in [-0.1, -0.05) is 30.3 Å². The predicted octanol–water partition coefficient (Wildman–Crippen LogP) is 3.18. The SMILES string of the molecule is CCOc1ccccc1CCNc1nc(CCN)nc2ccccc12. The van der Waals surface area contributed by atoms with Gasteiger partial charge in [0.25, 0.3) is 0 Å². The number of nitrogens with two attached hydrogens (primary N) is 1. The number of nitrogens with zero attached hydrogens (tertiary/aromatic N) is 2. The molecule has 3 aromatic rings. The topological polar surface area (TPSA) is 73.1 Å². The molecule has 0 spiro atoms. The Kier molecular flexibility index (Phi) is 5.80. The van der Waals surface area contributed by atoms with Gasteiger partial charge in [-0.25, -0.2) is 9.97 Å². The fourth-order valence-electron chi connectivity index (χ4n) is 2.82. The summed E-state index contributed by atoms with van der Waals surface area (Å²) in [6.07, 6.45) is 1.54. The van der Waals surface area contributed by atoms with Gasteiger partial charge in [0.1, 0.15) is 17.4 Å². The van der Waals surface area contributed by atoms with Crippen LogP contribution in [0.25, 0.3) is 10.9 Å². The van der Waals surface area contributed by atoms with Gasteiger partial charge in [-0.2, -0.15) is 0 Å². The molecule has 0 aliphatic carbocycles. The summed E-state index contributed by atoms with van der Waals surface area (Å²) in [7, 11) is 0. The summed E-state index contributed by atoms with van der Waals surface area (Å²) in [6, 6.07) is 16.2. The summed E-state index contributed by atoms with van der Waals surface area (Å²) in [5.74, 6) is 2.59. The van der Waals surface area contributed by atoms with Gasteiger partial charge in [-0.3, -0.25) is 0 Å². The summed E-state index contributed by atoms with van der Waals surface area (Å²) in [5.41, 5.74) is 7.80. The number of hydrogen-bond donors (Lipinski definition) is 2. The summed E-state index contributed by atoms with van der Waals surface area (Å²) in [6.45, 7) is 3.98. The largest absolute Gasteiger partial charge is 0.494 e. The first-order valence-electron chi connectivity index (χ1n) is 8.72. The van der Waals surface area contributed by atoms with Gasteiger partial charge in [0.05, 0.1) is 12.1 Å². The van der Waals surface area contributed by atoms with Gasteiger partial charge in [0.2, 0.25) is 0 Å².